The molecule has 1 atom stereocenters. The highest BCUT2D eigenvalue weighted by atomic mass is 127. The van der Waals surface area contributed by atoms with E-state index in [1.165, 1.54) is 0 Å². The lowest BCUT2D eigenvalue weighted by Gasteiger charge is -2.28. The highest BCUT2D eigenvalue weighted by Gasteiger charge is 2.39. The standard InChI is InChI=1S/C13H13BrF2INO/c14-10-4-3-9(17)6-11(10)18-12(19)8-2-1-5-13(15,16)7-8/h3-4,6,8H,1-2,5,7H2,(H,18,19). The van der Waals surface area contributed by atoms with Gasteiger partial charge in [-0.1, -0.05) is 0 Å². The molecule has 1 unspecified atom stereocenters. The summed E-state index contributed by atoms with van der Waals surface area (Å²) in [4.78, 5) is 12.1. The molecule has 1 aromatic rings. The third-order valence-corrected chi connectivity index (χ3v) is 4.56. The van der Waals surface area contributed by atoms with Gasteiger partial charge in [0.05, 0.1) is 5.69 Å². The van der Waals surface area contributed by atoms with Gasteiger partial charge in [0.2, 0.25) is 11.8 Å². The van der Waals surface area contributed by atoms with Gasteiger partial charge >= 0.3 is 0 Å². The maximum atomic E-state index is 13.3. The number of rotatable bonds is 2. The van der Waals surface area contributed by atoms with Gasteiger partial charge in [0.1, 0.15) is 0 Å². The average Bonchev–Trinajstić information content (AvgIpc) is 2.32. The average molecular weight is 444 g/mol. The van der Waals surface area contributed by atoms with Crippen molar-refractivity contribution in [3.63, 3.8) is 0 Å². The van der Waals surface area contributed by atoms with Gasteiger partial charge in [-0.15, -0.1) is 0 Å². The molecule has 1 N–H and O–H groups in total. The van der Waals surface area contributed by atoms with E-state index in [0.29, 0.717) is 18.5 Å². The second-order valence-corrected chi connectivity index (χ2v) is 6.86. The Bertz CT molecular complexity index is 496. The Labute approximate surface area is 132 Å². The highest BCUT2D eigenvalue weighted by Crippen LogP contribution is 2.37. The van der Waals surface area contributed by atoms with Crippen molar-refractivity contribution in [1.29, 1.82) is 0 Å². The first kappa shape index (κ1) is 15.2. The zero-order valence-corrected chi connectivity index (χ0v) is 13.8. The summed E-state index contributed by atoms with van der Waals surface area (Å²) in [6, 6.07) is 5.53. The van der Waals surface area contributed by atoms with Gasteiger partial charge in [0.15, 0.2) is 0 Å². The van der Waals surface area contributed by atoms with Crippen LogP contribution < -0.4 is 5.32 Å². The van der Waals surface area contributed by atoms with Gasteiger partial charge in [0, 0.05) is 26.8 Å². The van der Waals surface area contributed by atoms with Crippen LogP contribution in [0.15, 0.2) is 22.7 Å². The molecule has 0 bridgehead atoms. The molecule has 1 amide bonds. The first-order valence-electron chi connectivity index (χ1n) is 6.01. The summed E-state index contributed by atoms with van der Waals surface area (Å²) in [5.74, 6) is -3.63. The predicted molar refractivity (Wildman–Crippen MR) is 82.4 cm³/mol. The lowest BCUT2D eigenvalue weighted by molar-refractivity contribution is -0.127. The topological polar surface area (TPSA) is 29.1 Å². The number of anilines is 1. The summed E-state index contributed by atoms with van der Waals surface area (Å²) in [6.07, 6.45) is 0.478. The maximum absolute atomic E-state index is 13.3. The third kappa shape index (κ3) is 4.11. The van der Waals surface area contributed by atoms with E-state index in [1.54, 1.807) is 0 Å². The Morgan fingerprint density at radius 3 is 2.89 bits per heavy atom. The van der Waals surface area contributed by atoms with Gasteiger partial charge in [0.25, 0.3) is 0 Å². The summed E-state index contributed by atoms with van der Waals surface area (Å²) in [5, 5.41) is 2.73. The number of hydrogen-bond donors (Lipinski definition) is 1. The number of benzene rings is 1. The lowest BCUT2D eigenvalue weighted by Crippen LogP contribution is -2.33. The first-order valence-corrected chi connectivity index (χ1v) is 7.88. The predicted octanol–water partition coefficient (Wildman–Crippen LogP) is 4.82. The normalized spacial score (nSPS) is 22.0. The molecule has 104 valence electrons. The monoisotopic (exact) mass is 443 g/mol. The molecule has 1 aliphatic rings. The second-order valence-electron chi connectivity index (χ2n) is 4.76. The Kier molecular flexibility index (Phi) is 4.81. The Morgan fingerprint density at radius 2 is 2.21 bits per heavy atom. The number of halogens is 4. The maximum Gasteiger partial charge on any atom is 0.248 e. The fourth-order valence-electron chi connectivity index (χ4n) is 2.22. The smallest absolute Gasteiger partial charge is 0.248 e. The SMILES string of the molecule is O=C(Nc1cc(I)ccc1Br)C1CCCC(F)(F)C1. The van der Waals surface area contributed by atoms with E-state index in [4.69, 9.17) is 0 Å². The van der Waals surface area contributed by atoms with E-state index in [2.05, 4.69) is 43.8 Å². The molecule has 0 radical (unpaired) electrons. The van der Waals surface area contributed by atoms with Crippen molar-refractivity contribution in [2.75, 3.05) is 5.32 Å². The van der Waals surface area contributed by atoms with Crippen molar-refractivity contribution in [2.24, 2.45) is 5.92 Å². The minimum absolute atomic E-state index is 0.107. The molecule has 1 saturated carbocycles. The molecule has 2 rings (SSSR count). The molecular weight excluding hydrogens is 431 g/mol. The van der Waals surface area contributed by atoms with Crippen LogP contribution >= 0.6 is 38.5 Å². The number of carbonyl (C=O) groups excluding carboxylic acids is 1. The van der Waals surface area contributed by atoms with E-state index in [1.807, 2.05) is 18.2 Å². The van der Waals surface area contributed by atoms with E-state index >= 15 is 0 Å². The van der Waals surface area contributed by atoms with Crippen molar-refractivity contribution in [1.82, 2.24) is 0 Å². The molecule has 2 nitrogen and oxygen atoms in total. The molecule has 1 aromatic carbocycles. The van der Waals surface area contributed by atoms with Gasteiger partial charge in [-0.3, -0.25) is 4.79 Å². The summed E-state index contributed by atoms with van der Waals surface area (Å²) in [6.45, 7) is 0. The van der Waals surface area contributed by atoms with Crippen LogP contribution in [0.1, 0.15) is 25.7 Å². The molecule has 0 saturated heterocycles. The van der Waals surface area contributed by atoms with Crippen LogP contribution in [-0.2, 0) is 4.79 Å². The molecule has 0 aromatic heterocycles. The number of nitrogens with one attached hydrogen (secondary N) is 1. The summed E-state index contributed by atoms with van der Waals surface area (Å²) in [5.41, 5.74) is 0.630. The molecule has 1 fully saturated rings. The van der Waals surface area contributed by atoms with Crippen LogP contribution in [0.5, 0.6) is 0 Å². The van der Waals surface area contributed by atoms with Crippen LogP contribution in [-0.4, -0.2) is 11.8 Å². The third-order valence-electron chi connectivity index (χ3n) is 3.20. The van der Waals surface area contributed by atoms with E-state index in [0.717, 1.165) is 8.04 Å². The first-order chi connectivity index (χ1) is 8.87. The van der Waals surface area contributed by atoms with E-state index < -0.39 is 11.8 Å². The molecule has 19 heavy (non-hydrogen) atoms. The quantitative estimate of drug-likeness (QED) is 0.652. The van der Waals surface area contributed by atoms with Crippen molar-refractivity contribution in [2.45, 2.75) is 31.6 Å². The van der Waals surface area contributed by atoms with Crippen molar-refractivity contribution in [3.05, 3.63) is 26.2 Å². The lowest BCUT2D eigenvalue weighted by atomic mass is 9.86. The Hall–Kier alpha value is -0.240. The fourth-order valence-corrected chi connectivity index (χ4v) is 3.06. The summed E-state index contributed by atoms with van der Waals surface area (Å²) in [7, 11) is 0. The molecule has 0 heterocycles. The molecular formula is C13H13BrF2INO. The minimum Gasteiger partial charge on any atom is -0.325 e. The number of hydrogen-bond acceptors (Lipinski definition) is 1. The zero-order chi connectivity index (χ0) is 14.0. The van der Waals surface area contributed by atoms with Gasteiger partial charge in [-0.2, -0.15) is 0 Å². The van der Waals surface area contributed by atoms with E-state index in [-0.39, 0.29) is 18.7 Å². The Morgan fingerprint density at radius 1 is 1.47 bits per heavy atom. The van der Waals surface area contributed by atoms with E-state index in [9.17, 15) is 13.6 Å². The minimum atomic E-state index is -2.71. The summed E-state index contributed by atoms with van der Waals surface area (Å²) < 4.78 is 28.3. The van der Waals surface area contributed by atoms with Gasteiger partial charge in [-0.25, -0.2) is 8.78 Å². The number of amides is 1. The molecule has 0 aliphatic heterocycles. The highest BCUT2D eigenvalue weighted by molar-refractivity contribution is 14.1. The molecule has 6 heteroatoms. The van der Waals surface area contributed by atoms with Gasteiger partial charge in [-0.05, 0) is 69.6 Å². The van der Waals surface area contributed by atoms with Crippen LogP contribution in [0.25, 0.3) is 0 Å². The zero-order valence-electron chi connectivity index (χ0n) is 10.1. The van der Waals surface area contributed by atoms with Crippen molar-refractivity contribution >= 4 is 50.1 Å². The Balaban J connectivity index is 2.06. The summed E-state index contributed by atoms with van der Waals surface area (Å²) >= 11 is 5.48. The molecule has 0 spiro atoms. The van der Waals surface area contributed by atoms with Crippen LogP contribution in [0.2, 0.25) is 0 Å². The number of alkyl halides is 2. The van der Waals surface area contributed by atoms with Crippen molar-refractivity contribution in [3.8, 4) is 0 Å². The van der Waals surface area contributed by atoms with Crippen LogP contribution in [0.3, 0.4) is 0 Å². The second kappa shape index (κ2) is 6.03. The molecule has 1 aliphatic carbocycles. The van der Waals surface area contributed by atoms with Gasteiger partial charge < -0.3 is 5.32 Å². The number of carbonyl (C=O) groups is 1. The van der Waals surface area contributed by atoms with Crippen LogP contribution in [0.4, 0.5) is 14.5 Å². The largest absolute Gasteiger partial charge is 0.325 e. The van der Waals surface area contributed by atoms with Crippen molar-refractivity contribution < 1.29 is 13.6 Å². The van der Waals surface area contributed by atoms with Crippen LogP contribution in [0, 0.1) is 9.49 Å². The fraction of sp³-hybridized carbons (Fsp3) is 0.462.